The first-order valence-corrected chi connectivity index (χ1v) is 14.9. The molecule has 2 fully saturated rings. The number of aliphatic hydroxyl groups is 1. The first-order chi connectivity index (χ1) is 19.4. The molecule has 1 atom stereocenters. The van der Waals surface area contributed by atoms with Gasteiger partial charge >= 0.3 is 0 Å². The number of fused-ring (bicyclic) bond motifs is 1. The molecule has 4 aromatic rings. The highest BCUT2D eigenvalue weighted by Gasteiger charge is 2.34. The Morgan fingerprint density at radius 1 is 0.875 bits per heavy atom. The highest BCUT2D eigenvalue weighted by Crippen LogP contribution is 2.38. The van der Waals surface area contributed by atoms with Gasteiger partial charge in [-0.25, -0.2) is 4.98 Å². The van der Waals surface area contributed by atoms with Crippen LogP contribution in [-0.4, -0.2) is 64.4 Å². The summed E-state index contributed by atoms with van der Waals surface area (Å²) in [6, 6.07) is 27.3. The number of piperazine rings is 1. The predicted molar refractivity (Wildman–Crippen MR) is 165 cm³/mol. The van der Waals surface area contributed by atoms with E-state index in [9.17, 15) is 5.11 Å². The lowest BCUT2D eigenvalue weighted by molar-refractivity contribution is 0.0564. The van der Waals surface area contributed by atoms with Crippen molar-refractivity contribution >= 4 is 22.5 Å². The van der Waals surface area contributed by atoms with E-state index in [1.54, 1.807) is 0 Å². The van der Waals surface area contributed by atoms with E-state index in [0.29, 0.717) is 18.5 Å². The standard InChI is InChI=1S/C34H43N5O/c1-4-34(2,40)24-26-10-13-29(14-11-26)37-18-20-38(21-19-37)32-15-12-28-16-17-39(33(28)35-32)31-22-30(23-31)36(3)25-27-8-6-5-7-9-27/h5-17,30-31,40H,4,18-25H2,1-3H3/t30-,31-,34?. The summed E-state index contributed by atoms with van der Waals surface area (Å²) in [7, 11) is 2.25. The zero-order valence-electron chi connectivity index (χ0n) is 24.2. The second-order valence-electron chi connectivity index (χ2n) is 12.2. The third-order valence-corrected chi connectivity index (χ3v) is 9.18. The highest BCUT2D eigenvalue weighted by molar-refractivity contribution is 5.78. The van der Waals surface area contributed by atoms with Crippen LogP contribution in [0.15, 0.2) is 79.0 Å². The molecule has 2 aromatic carbocycles. The topological polar surface area (TPSA) is 47.8 Å². The van der Waals surface area contributed by atoms with E-state index in [4.69, 9.17) is 4.98 Å². The monoisotopic (exact) mass is 537 g/mol. The van der Waals surface area contributed by atoms with Crippen molar-refractivity contribution in [1.29, 1.82) is 0 Å². The zero-order chi connectivity index (χ0) is 27.7. The fourth-order valence-corrected chi connectivity index (χ4v) is 6.22. The van der Waals surface area contributed by atoms with Crippen molar-refractivity contribution in [1.82, 2.24) is 14.5 Å². The number of hydrogen-bond acceptors (Lipinski definition) is 5. The average molecular weight is 538 g/mol. The van der Waals surface area contributed by atoms with Crippen LogP contribution in [0.2, 0.25) is 0 Å². The molecule has 0 amide bonds. The van der Waals surface area contributed by atoms with Gasteiger partial charge in [0.2, 0.25) is 0 Å². The van der Waals surface area contributed by atoms with Crippen molar-refractivity contribution in [2.24, 2.45) is 0 Å². The summed E-state index contributed by atoms with van der Waals surface area (Å²) < 4.78 is 2.42. The number of anilines is 2. The smallest absolute Gasteiger partial charge is 0.142 e. The third-order valence-electron chi connectivity index (χ3n) is 9.18. The number of rotatable bonds is 9. The molecule has 6 nitrogen and oxygen atoms in total. The lowest BCUT2D eigenvalue weighted by atomic mass is 9.85. The minimum absolute atomic E-state index is 0.518. The van der Waals surface area contributed by atoms with Crippen LogP contribution in [0, 0.1) is 0 Å². The van der Waals surface area contributed by atoms with E-state index >= 15 is 0 Å². The van der Waals surface area contributed by atoms with Crippen LogP contribution in [0.5, 0.6) is 0 Å². The second-order valence-corrected chi connectivity index (χ2v) is 12.2. The SMILES string of the molecule is CCC(C)(O)Cc1ccc(N2CCN(c3ccc4ccn([C@H]5C[C@H](N(C)Cc6ccccc6)C5)c4n3)CC2)cc1. The van der Waals surface area contributed by atoms with Gasteiger partial charge in [0.05, 0.1) is 5.60 Å². The van der Waals surface area contributed by atoms with Crippen molar-refractivity contribution < 1.29 is 5.11 Å². The predicted octanol–water partition coefficient (Wildman–Crippen LogP) is 5.90. The third kappa shape index (κ3) is 5.74. The second kappa shape index (κ2) is 11.3. The van der Waals surface area contributed by atoms with Crippen molar-refractivity contribution in [3.8, 4) is 0 Å². The molecular formula is C34H43N5O. The maximum atomic E-state index is 10.4. The minimum atomic E-state index is -0.639. The van der Waals surface area contributed by atoms with Crippen LogP contribution < -0.4 is 9.80 Å². The van der Waals surface area contributed by atoms with Gasteiger partial charge in [-0.3, -0.25) is 4.90 Å². The molecule has 0 spiro atoms. The van der Waals surface area contributed by atoms with Crippen LogP contribution in [0.4, 0.5) is 11.5 Å². The summed E-state index contributed by atoms with van der Waals surface area (Å²) >= 11 is 0. The number of hydrogen-bond donors (Lipinski definition) is 1. The number of benzene rings is 2. The average Bonchev–Trinajstić information content (AvgIpc) is 3.36. The van der Waals surface area contributed by atoms with Gasteiger partial charge in [-0.05, 0) is 74.7 Å². The summed E-state index contributed by atoms with van der Waals surface area (Å²) in [6.07, 6.45) is 6.04. The molecule has 1 aliphatic carbocycles. The molecule has 0 radical (unpaired) electrons. The van der Waals surface area contributed by atoms with Crippen LogP contribution in [0.3, 0.4) is 0 Å². The van der Waals surface area contributed by atoms with Crippen LogP contribution >= 0.6 is 0 Å². The fourth-order valence-electron chi connectivity index (χ4n) is 6.22. The molecule has 1 aliphatic heterocycles. The normalized spacial score (nSPS) is 21.0. The zero-order valence-corrected chi connectivity index (χ0v) is 24.2. The van der Waals surface area contributed by atoms with Crippen molar-refractivity contribution in [3.05, 3.63) is 90.1 Å². The number of aromatic nitrogens is 2. The molecule has 2 aromatic heterocycles. The first kappa shape index (κ1) is 26.9. The van der Waals surface area contributed by atoms with E-state index in [-0.39, 0.29) is 0 Å². The van der Waals surface area contributed by atoms with Gasteiger partial charge in [0.1, 0.15) is 11.5 Å². The lowest BCUT2D eigenvalue weighted by Gasteiger charge is -2.42. The van der Waals surface area contributed by atoms with Gasteiger partial charge < -0.3 is 19.5 Å². The number of pyridine rings is 1. The van der Waals surface area contributed by atoms with Gasteiger partial charge in [-0.15, -0.1) is 0 Å². The Balaban J connectivity index is 1.06. The Bertz CT molecular complexity index is 1400. The van der Waals surface area contributed by atoms with Gasteiger partial charge in [-0.2, -0.15) is 0 Å². The first-order valence-electron chi connectivity index (χ1n) is 14.9. The molecule has 2 aliphatic rings. The molecule has 6 rings (SSSR count). The molecule has 1 unspecified atom stereocenters. The Labute approximate surface area is 238 Å². The molecule has 210 valence electrons. The van der Waals surface area contributed by atoms with Crippen LogP contribution in [0.25, 0.3) is 11.0 Å². The Kier molecular flexibility index (Phi) is 7.56. The van der Waals surface area contributed by atoms with Crippen molar-refractivity contribution in [2.75, 3.05) is 43.0 Å². The Hall–Kier alpha value is -3.35. The van der Waals surface area contributed by atoms with E-state index < -0.39 is 5.60 Å². The largest absolute Gasteiger partial charge is 0.390 e. The van der Waals surface area contributed by atoms with E-state index in [1.165, 1.54) is 35.0 Å². The van der Waals surface area contributed by atoms with Gasteiger partial charge in [0.25, 0.3) is 0 Å². The van der Waals surface area contributed by atoms with Crippen LogP contribution in [-0.2, 0) is 13.0 Å². The molecular weight excluding hydrogens is 494 g/mol. The number of nitrogens with zero attached hydrogens (tertiary/aromatic N) is 5. The molecule has 40 heavy (non-hydrogen) atoms. The van der Waals surface area contributed by atoms with Crippen molar-refractivity contribution in [2.45, 2.75) is 63.8 Å². The molecule has 1 saturated carbocycles. The summed E-state index contributed by atoms with van der Waals surface area (Å²) in [5, 5.41) is 11.6. The van der Waals surface area contributed by atoms with E-state index in [0.717, 1.165) is 50.6 Å². The summed E-state index contributed by atoms with van der Waals surface area (Å²) in [4.78, 5) is 12.6. The molecule has 1 saturated heterocycles. The van der Waals surface area contributed by atoms with E-state index in [2.05, 4.69) is 105 Å². The van der Waals surface area contributed by atoms with E-state index in [1.807, 2.05) is 13.8 Å². The highest BCUT2D eigenvalue weighted by atomic mass is 16.3. The summed E-state index contributed by atoms with van der Waals surface area (Å²) in [5.41, 5.74) is 4.31. The summed E-state index contributed by atoms with van der Waals surface area (Å²) in [5.74, 6) is 1.08. The quantitative estimate of drug-likeness (QED) is 0.288. The van der Waals surface area contributed by atoms with Crippen molar-refractivity contribution in [3.63, 3.8) is 0 Å². The Morgan fingerprint density at radius 3 is 2.27 bits per heavy atom. The Morgan fingerprint density at radius 2 is 1.57 bits per heavy atom. The molecule has 0 bridgehead atoms. The van der Waals surface area contributed by atoms with Crippen LogP contribution in [0.1, 0.15) is 50.3 Å². The fraction of sp³-hybridized carbons (Fsp3) is 0.441. The minimum Gasteiger partial charge on any atom is -0.390 e. The molecule has 6 heteroatoms. The molecule has 1 N–H and O–H groups in total. The lowest BCUT2D eigenvalue weighted by Crippen LogP contribution is -2.46. The molecule has 3 heterocycles. The maximum Gasteiger partial charge on any atom is 0.142 e. The van der Waals surface area contributed by atoms with Gasteiger partial charge in [-0.1, -0.05) is 49.4 Å². The van der Waals surface area contributed by atoms with Gasteiger partial charge in [0.15, 0.2) is 0 Å². The maximum absolute atomic E-state index is 10.4. The van der Waals surface area contributed by atoms with Gasteiger partial charge in [0, 0.05) is 68.5 Å². The summed E-state index contributed by atoms with van der Waals surface area (Å²) in [6.45, 7) is 8.83.